The maximum absolute atomic E-state index is 14.1. The van der Waals surface area contributed by atoms with E-state index in [0.717, 1.165) is 31.5 Å². The molecule has 2 N–H and O–H groups in total. The molecule has 0 saturated carbocycles. The Kier molecular flexibility index (Phi) is 4.55. The van der Waals surface area contributed by atoms with Crippen LogP contribution in [0.3, 0.4) is 0 Å². The highest BCUT2D eigenvalue weighted by Crippen LogP contribution is 2.26. The molecule has 0 spiro atoms. The van der Waals surface area contributed by atoms with Crippen LogP contribution >= 0.6 is 0 Å². The Morgan fingerprint density at radius 2 is 2.33 bits per heavy atom. The summed E-state index contributed by atoms with van der Waals surface area (Å²) in [5.74, 6) is 0.108. The van der Waals surface area contributed by atoms with E-state index in [1.807, 2.05) is 24.1 Å². The van der Waals surface area contributed by atoms with E-state index in [-0.39, 0.29) is 18.3 Å². The van der Waals surface area contributed by atoms with E-state index in [1.165, 1.54) is 0 Å². The second-order valence-electron chi connectivity index (χ2n) is 4.95. The molecule has 1 aromatic rings. The third-order valence-corrected chi connectivity index (χ3v) is 3.51. The number of aliphatic hydroxyl groups excluding tert-OH is 1. The molecule has 0 aliphatic carbocycles. The van der Waals surface area contributed by atoms with Crippen LogP contribution in [0.1, 0.15) is 18.4 Å². The van der Waals surface area contributed by atoms with Gasteiger partial charge in [0.25, 0.3) is 0 Å². The monoisotopic (exact) mass is 252 g/mol. The van der Waals surface area contributed by atoms with Crippen molar-refractivity contribution in [1.82, 2.24) is 5.32 Å². The van der Waals surface area contributed by atoms with Gasteiger partial charge in [0.2, 0.25) is 0 Å². The minimum atomic E-state index is -0.165. The van der Waals surface area contributed by atoms with Gasteiger partial charge < -0.3 is 15.3 Å². The fourth-order valence-electron chi connectivity index (χ4n) is 2.55. The second-order valence-corrected chi connectivity index (χ2v) is 4.95. The first-order valence-electron chi connectivity index (χ1n) is 6.53. The van der Waals surface area contributed by atoms with Crippen LogP contribution in [0.2, 0.25) is 0 Å². The average Bonchev–Trinajstić information content (AvgIpc) is 2.39. The van der Waals surface area contributed by atoms with Crippen LogP contribution in [-0.4, -0.2) is 31.9 Å². The number of hydrogen-bond acceptors (Lipinski definition) is 3. The predicted octanol–water partition coefficient (Wildman–Crippen LogP) is 1.75. The first kappa shape index (κ1) is 13.3. The van der Waals surface area contributed by atoms with Crippen molar-refractivity contribution in [2.45, 2.75) is 19.4 Å². The van der Waals surface area contributed by atoms with Gasteiger partial charge in [0.15, 0.2) is 0 Å². The summed E-state index contributed by atoms with van der Waals surface area (Å²) >= 11 is 0. The quantitative estimate of drug-likeness (QED) is 0.857. The molecule has 1 unspecified atom stereocenters. The molecule has 3 nitrogen and oxygen atoms in total. The van der Waals surface area contributed by atoms with E-state index in [1.54, 1.807) is 6.07 Å². The third-order valence-electron chi connectivity index (χ3n) is 3.51. The molecule has 1 fully saturated rings. The molecule has 1 aliphatic heterocycles. The molecule has 1 saturated heterocycles. The van der Waals surface area contributed by atoms with Gasteiger partial charge in [-0.25, -0.2) is 4.39 Å². The third kappa shape index (κ3) is 3.00. The Morgan fingerprint density at radius 3 is 3.00 bits per heavy atom. The zero-order chi connectivity index (χ0) is 13.0. The van der Waals surface area contributed by atoms with Crippen molar-refractivity contribution in [2.24, 2.45) is 5.92 Å². The first-order valence-corrected chi connectivity index (χ1v) is 6.53. The van der Waals surface area contributed by atoms with Crippen molar-refractivity contribution in [3.8, 4) is 0 Å². The summed E-state index contributed by atoms with van der Waals surface area (Å²) in [6.07, 6.45) is 2.05. The molecular formula is C14H21FN2O. The average molecular weight is 252 g/mol. The number of rotatable bonds is 4. The number of halogens is 1. The van der Waals surface area contributed by atoms with Crippen LogP contribution in [0.25, 0.3) is 0 Å². The summed E-state index contributed by atoms with van der Waals surface area (Å²) in [6, 6.07) is 5.40. The van der Waals surface area contributed by atoms with Crippen molar-refractivity contribution in [3.63, 3.8) is 0 Å². The standard InChI is InChI=1S/C14H21FN2O/c1-16-8-11-4-5-14(13(15)7-11)17-6-2-3-12(9-17)10-18/h4-5,7,12,16,18H,2-3,6,8-10H2,1H3. The molecule has 100 valence electrons. The Balaban J connectivity index is 2.12. The lowest BCUT2D eigenvalue weighted by atomic mass is 9.98. The highest BCUT2D eigenvalue weighted by atomic mass is 19.1. The molecule has 1 heterocycles. The zero-order valence-electron chi connectivity index (χ0n) is 10.8. The van der Waals surface area contributed by atoms with Crippen LogP contribution in [0.15, 0.2) is 18.2 Å². The Labute approximate surface area is 108 Å². The van der Waals surface area contributed by atoms with Crippen molar-refractivity contribution in [2.75, 3.05) is 31.6 Å². The molecule has 0 bridgehead atoms. The summed E-state index contributed by atoms with van der Waals surface area (Å²) in [6.45, 7) is 2.49. The van der Waals surface area contributed by atoms with Gasteiger partial charge >= 0.3 is 0 Å². The fourth-order valence-corrected chi connectivity index (χ4v) is 2.55. The predicted molar refractivity (Wildman–Crippen MR) is 71.2 cm³/mol. The molecule has 0 amide bonds. The lowest BCUT2D eigenvalue weighted by Crippen LogP contribution is -2.37. The summed E-state index contributed by atoms with van der Waals surface area (Å²) < 4.78 is 14.1. The maximum atomic E-state index is 14.1. The Hall–Kier alpha value is -1.13. The summed E-state index contributed by atoms with van der Waals surface area (Å²) in [5, 5.41) is 12.2. The number of piperidine rings is 1. The smallest absolute Gasteiger partial charge is 0.146 e. The highest BCUT2D eigenvalue weighted by Gasteiger charge is 2.21. The van der Waals surface area contributed by atoms with Crippen molar-refractivity contribution in [1.29, 1.82) is 0 Å². The van der Waals surface area contributed by atoms with E-state index in [9.17, 15) is 9.50 Å². The van der Waals surface area contributed by atoms with Gasteiger partial charge in [-0.05, 0) is 43.5 Å². The molecule has 0 radical (unpaired) electrons. The molecule has 1 atom stereocenters. The molecule has 1 aliphatic rings. The van der Waals surface area contributed by atoms with Gasteiger partial charge in [-0.2, -0.15) is 0 Å². The van der Waals surface area contributed by atoms with Crippen LogP contribution in [0.4, 0.5) is 10.1 Å². The maximum Gasteiger partial charge on any atom is 0.146 e. The van der Waals surface area contributed by atoms with E-state index in [4.69, 9.17) is 0 Å². The molecule has 1 aromatic carbocycles. The fraction of sp³-hybridized carbons (Fsp3) is 0.571. The number of benzene rings is 1. The van der Waals surface area contributed by atoms with Crippen molar-refractivity contribution in [3.05, 3.63) is 29.6 Å². The first-order chi connectivity index (χ1) is 8.74. The minimum absolute atomic E-state index is 0.165. The largest absolute Gasteiger partial charge is 0.396 e. The van der Waals surface area contributed by atoms with Gasteiger partial charge in [-0.15, -0.1) is 0 Å². The molecule has 2 rings (SSSR count). The lowest BCUT2D eigenvalue weighted by Gasteiger charge is -2.33. The SMILES string of the molecule is CNCc1ccc(N2CCCC(CO)C2)c(F)c1. The number of aliphatic hydroxyl groups is 1. The number of nitrogens with zero attached hydrogens (tertiary/aromatic N) is 1. The number of nitrogens with one attached hydrogen (secondary N) is 1. The van der Waals surface area contributed by atoms with Crippen molar-refractivity contribution >= 4 is 5.69 Å². The minimum Gasteiger partial charge on any atom is -0.396 e. The summed E-state index contributed by atoms with van der Waals surface area (Å²) in [5.41, 5.74) is 1.61. The van der Waals surface area contributed by atoms with Crippen LogP contribution < -0.4 is 10.2 Å². The van der Waals surface area contributed by atoms with E-state index in [0.29, 0.717) is 12.2 Å². The van der Waals surface area contributed by atoms with Crippen LogP contribution in [0.5, 0.6) is 0 Å². The van der Waals surface area contributed by atoms with Gasteiger partial charge in [0, 0.05) is 26.2 Å². The number of hydrogen-bond donors (Lipinski definition) is 2. The normalized spacial score (nSPS) is 20.2. The summed E-state index contributed by atoms with van der Waals surface area (Å²) in [7, 11) is 1.85. The highest BCUT2D eigenvalue weighted by molar-refractivity contribution is 5.49. The Morgan fingerprint density at radius 1 is 1.50 bits per heavy atom. The second kappa shape index (κ2) is 6.16. The molecule has 18 heavy (non-hydrogen) atoms. The van der Waals surface area contributed by atoms with E-state index < -0.39 is 0 Å². The molecular weight excluding hydrogens is 231 g/mol. The van der Waals surface area contributed by atoms with Gasteiger partial charge in [-0.1, -0.05) is 6.07 Å². The van der Waals surface area contributed by atoms with Gasteiger partial charge in [-0.3, -0.25) is 0 Å². The zero-order valence-corrected chi connectivity index (χ0v) is 10.8. The Bertz CT molecular complexity index is 397. The summed E-state index contributed by atoms with van der Waals surface area (Å²) in [4.78, 5) is 2.04. The lowest BCUT2D eigenvalue weighted by molar-refractivity contribution is 0.208. The molecule has 4 heteroatoms. The van der Waals surface area contributed by atoms with E-state index in [2.05, 4.69) is 5.32 Å². The van der Waals surface area contributed by atoms with Gasteiger partial charge in [0.1, 0.15) is 5.82 Å². The van der Waals surface area contributed by atoms with Gasteiger partial charge in [0.05, 0.1) is 5.69 Å². The van der Waals surface area contributed by atoms with E-state index >= 15 is 0 Å². The van der Waals surface area contributed by atoms with Crippen molar-refractivity contribution < 1.29 is 9.50 Å². The van der Waals surface area contributed by atoms with Crippen LogP contribution in [0, 0.1) is 11.7 Å². The number of anilines is 1. The van der Waals surface area contributed by atoms with Crippen LogP contribution in [-0.2, 0) is 6.54 Å². The topological polar surface area (TPSA) is 35.5 Å². The molecule has 0 aromatic heterocycles.